The topological polar surface area (TPSA) is 90.0 Å². The maximum Gasteiger partial charge on any atom is 0.320 e. The maximum atomic E-state index is 11.7. The molecule has 0 amide bonds. The van der Waals surface area contributed by atoms with Crippen molar-refractivity contribution in [3.05, 3.63) is 0 Å². The van der Waals surface area contributed by atoms with Gasteiger partial charge in [-0.05, 0) is 32.2 Å². The number of likely N-dealkylation sites (tertiary alicyclic amines) is 1. The van der Waals surface area contributed by atoms with E-state index in [4.69, 9.17) is 0 Å². The summed E-state index contributed by atoms with van der Waals surface area (Å²) >= 11 is 0. The van der Waals surface area contributed by atoms with E-state index in [-0.39, 0.29) is 6.04 Å². The van der Waals surface area contributed by atoms with Crippen molar-refractivity contribution in [3.8, 4) is 0 Å². The molecule has 8 heteroatoms. The molecule has 0 aromatic carbocycles. The van der Waals surface area contributed by atoms with Crippen molar-refractivity contribution in [3.63, 3.8) is 0 Å². The summed E-state index contributed by atoms with van der Waals surface area (Å²) in [4.78, 5) is 13.2. The van der Waals surface area contributed by atoms with E-state index in [0.29, 0.717) is 32.4 Å². The van der Waals surface area contributed by atoms with Gasteiger partial charge in [-0.2, -0.15) is 12.7 Å². The maximum absolute atomic E-state index is 11.7. The Balaban J connectivity index is 1.95. The summed E-state index contributed by atoms with van der Waals surface area (Å²) in [5.41, 5.74) is 0. The monoisotopic (exact) mass is 291 g/mol. The number of piperidine rings is 1. The van der Waals surface area contributed by atoms with Gasteiger partial charge in [-0.1, -0.05) is 0 Å². The van der Waals surface area contributed by atoms with Crippen molar-refractivity contribution in [2.24, 2.45) is 0 Å². The fourth-order valence-electron chi connectivity index (χ4n) is 3.03. The Morgan fingerprint density at radius 2 is 1.84 bits per heavy atom. The minimum absolute atomic E-state index is 0.187. The van der Waals surface area contributed by atoms with E-state index < -0.39 is 22.2 Å². The summed E-state index contributed by atoms with van der Waals surface area (Å²) in [6, 6.07) is -0.204. The molecule has 0 saturated carbocycles. The van der Waals surface area contributed by atoms with Crippen molar-refractivity contribution in [2.45, 2.75) is 37.8 Å². The molecule has 0 radical (unpaired) electrons. The first-order valence-electron chi connectivity index (χ1n) is 6.63. The van der Waals surface area contributed by atoms with Crippen LogP contribution in [-0.4, -0.2) is 67.5 Å². The van der Waals surface area contributed by atoms with Crippen LogP contribution in [0.5, 0.6) is 0 Å². The van der Waals surface area contributed by atoms with Crippen LogP contribution in [0.25, 0.3) is 0 Å². The van der Waals surface area contributed by atoms with Gasteiger partial charge in [0.2, 0.25) is 0 Å². The van der Waals surface area contributed by atoms with E-state index in [1.807, 2.05) is 4.90 Å². The van der Waals surface area contributed by atoms with Crippen LogP contribution >= 0.6 is 0 Å². The van der Waals surface area contributed by atoms with Crippen LogP contribution in [0.1, 0.15) is 25.7 Å². The Morgan fingerprint density at radius 1 is 1.21 bits per heavy atom. The highest BCUT2D eigenvalue weighted by Crippen LogP contribution is 2.26. The minimum Gasteiger partial charge on any atom is -0.480 e. The fourth-order valence-corrected chi connectivity index (χ4v) is 3.98. The lowest BCUT2D eigenvalue weighted by molar-refractivity contribution is -0.143. The second-order valence-electron chi connectivity index (χ2n) is 5.07. The first-order valence-corrected chi connectivity index (χ1v) is 8.07. The van der Waals surface area contributed by atoms with Crippen LogP contribution < -0.4 is 4.72 Å². The van der Waals surface area contributed by atoms with Crippen molar-refractivity contribution in [2.75, 3.05) is 26.7 Å². The lowest BCUT2D eigenvalue weighted by atomic mass is 10.0. The fraction of sp³-hybridized carbons (Fsp3) is 0.909. The average molecular weight is 291 g/mol. The Labute approximate surface area is 113 Å². The zero-order valence-corrected chi connectivity index (χ0v) is 11.9. The van der Waals surface area contributed by atoms with Gasteiger partial charge < -0.3 is 5.11 Å². The van der Waals surface area contributed by atoms with Crippen molar-refractivity contribution >= 4 is 16.2 Å². The molecule has 2 saturated heterocycles. The van der Waals surface area contributed by atoms with Crippen LogP contribution in [0.3, 0.4) is 0 Å². The minimum atomic E-state index is -3.35. The highest BCUT2D eigenvalue weighted by molar-refractivity contribution is 7.87. The summed E-state index contributed by atoms with van der Waals surface area (Å²) in [5.74, 6) is -0.761. The Bertz CT molecular complexity index is 431. The van der Waals surface area contributed by atoms with Gasteiger partial charge in [0.05, 0.1) is 0 Å². The van der Waals surface area contributed by atoms with E-state index >= 15 is 0 Å². The van der Waals surface area contributed by atoms with Gasteiger partial charge in [-0.25, -0.2) is 4.72 Å². The van der Waals surface area contributed by atoms with Crippen molar-refractivity contribution in [1.29, 1.82) is 0 Å². The predicted octanol–water partition coefficient (Wildman–Crippen LogP) is -0.536. The predicted molar refractivity (Wildman–Crippen MR) is 69.9 cm³/mol. The van der Waals surface area contributed by atoms with Crippen LogP contribution in [0, 0.1) is 0 Å². The average Bonchev–Trinajstić information content (AvgIpc) is 2.88. The zero-order chi connectivity index (χ0) is 14.0. The van der Waals surface area contributed by atoms with Gasteiger partial charge in [-0.3, -0.25) is 9.69 Å². The molecule has 0 bridgehead atoms. The number of carboxylic acid groups (broad SMARTS) is 1. The molecule has 7 nitrogen and oxygen atoms in total. The molecule has 2 aliphatic heterocycles. The number of rotatable bonds is 4. The largest absolute Gasteiger partial charge is 0.480 e. The molecule has 0 aromatic heterocycles. The standard InChI is InChI=1S/C11H21N3O4S/c1-12-19(17,18)13-7-4-9(5-8-13)14-6-2-3-10(14)11(15)16/h9-10,12H,2-8H2,1H3,(H,15,16). The molecule has 0 aromatic rings. The number of nitrogens with zero attached hydrogens (tertiary/aromatic N) is 2. The SMILES string of the molecule is CNS(=O)(=O)N1CCC(N2CCCC2C(=O)O)CC1. The van der Waals surface area contributed by atoms with Gasteiger partial charge in [0, 0.05) is 26.2 Å². The Kier molecular flexibility index (Phi) is 4.44. The van der Waals surface area contributed by atoms with Crippen molar-refractivity contribution in [1.82, 2.24) is 13.9 Å². The first kappa shape index (κ1) is 14.7. The van der Waals surface area contributed by atoms with E-state index in [1.165, 1.54) is 11.4 Å². The number of carboxylic acids is 1. The second-order valence-corrected chi connectivity index (χ2v) is 6.95. The summed E-state index contributed by atoms with van der Waals surface area (Å²) in [5, 5.41) is 9.18. The number of carbonyl (C=O) groups is 1. The molecule has 2 N–H and O–H groups in total. The number of hydrogen-bond donors (Lipinski definition) is 2. The molecule has 1 unspecified atom stereocenters. The molecule has 0 aliphatic carbocycles. The number of aliphatic carboxylic acids is 1. The summed E-state index contributed by atoms with van der Waals surface area (Å²) in [7, 11) is -1.94. The summed E-state index contributed by atoms with van der Waals surface area (Å²) in [6.45, 7) is 1.72. The Hall–Kier alpha value is -0.700. The van der Waals surface area contributed by atoms with E-state index in [9.17, 15) is 18.3 Å². The molecular formula is C11H21N3O4S. The van der Waals surface area contributed by atoms with Crippen LogP contribution in [0.15, 0.2) is 0 Å². The van der Waals surface area contributed by atoms with Crippen LogP contribution in [0.4, 0.5) is 0 Å². The van der Waals surface area contributed by atoms with E-state index in [2.05, 4.69) is 4.72 Å². The molecule has 0 spiro atoms. The van der Waals surface area contributed by atoms with Gasteiger partial charge in [0.25, 0.3) is 10.2 Å². The molecule has 2 fully saturated rings. The summed E-state index contributed by atoms with van der Waals surface area (Å²) < 4.78 is 27.1. The quantitative estimate of drug-likeness (QED) is 0.726. The summed E-state index contributed by atoms with van der Waals surface area (Å²) in [6.07, 6.45) is 3.01. The normalized spacial score (nSPS) is 27.7. The molecule has 110 valence electrons. The third-order valence-electron chi connectivity index (χ3n) is 4.07. The number of nitrogens with one attached hydrogen (secondary N) is 1. The zero-order valence-electron chi connectivity index (χ0n) is 11.1. The molecular weight excluding hydrogens is 270 g/mol. The molecule has 2 rings (SSSR count). The van der Waals surface area contributed by atoms with E-state index in [0.717, 1.165) is 13.0 Å². The van der Waals surface area contributed by atoms with Gasteiger partial charge in [0.1, 0.15) is 6.04 Å². The molecule has 2 aliphatic rings. The smallest absolute Gasteiger partial charge is 0.320 e. The van der Waals surface area contributed by atoms with Crippen molar-refractivity contribution < 1.29 is 18.3 Å². The lowest BCUT2D eigenvalue weighted by Gasteiger charge is -2.37. The third kappa shape index (κ3) is 3.07. The van der Waals surface area contributed by atoms with Crippen LogP contribution in [-0.2, 0) is 15.0 Å². The van der Waals surface area contributed by atoms with Crippen LogP contribution in [0.2, 0.25) is 0 Å². The van der Waals surface area contributed by atoms with Gasteiger partial charge >= 0.3 is 5.97 Å². The lowest BCUT2D eigenvalue weighted by Crippen LogP contribution is -2.51. The molecule has 2 heterocycles. The second kappa shape index (κ2) is 5.74. The van der Waals surface area contributed by atoms with Gasteiger partial charge in [-0.15, -0.1) is 0 Å². The highest BCUT2D eigenvalue weighted by atomic mass is 32.2. The van der Waals surface area contributed by atoms with Gasteiger partial charge in [0.15, 0.2) is 0 Å². The number of hydrogen-bond acceptors (Lipinski definition) is 4. The highest BCUT2D eigenvalue weighted by Gasteiger charge is 2.37. The third-order valence-corrected chi connectivity index (χ3v) is 5.63. The first-order chi connectivity index (χ1) is 8.95. The molecule has 1 atom stereocenters. The molecule has 19 heavy (non-hydrogen) atoms. The Morgan fingerprint density at radius 3 is 2.37 bits per heavy atom. The van der Waals surface area contributed by atoms with E-state index in [1.54, 1.807) is 0 Å².